The lowest BCUT2D eigenvalue weighted by Crippen LogP contribution is -2.35. The van der Waals surface area contributed by atoms with Crippen molar-refractivity contribution < 1.29 is 26.5 Å². The number of halogens is 3. The first kappa shape index (κ1) is 13.6. The van der Waals surface area contributed by atoms with Crippen molar-refractivity contribution in [3.63, 3.8) is 0 Å². The molecule has 0 aliphatic rings. The van der Waals surface area contributed by atoms with Crippen LogP contribution in [0.5, 0.6) is 5.75 Å². The Kier molecular flexibility index (Phi) is 4.07. The Hall–Kier alpha value is -0.480. The maximum absolute atomic E-state index is 12.7. The Morgan fingerprint density at radius 1 is 1.44 bits per heavy atom. The number of alkyl halides is 2. The van der Waals surface area contributed by atoms with Crippen LogP contribution in [0.1, 0.15) is 0 Å². The van der Waals surface area contributed by atoms with Gasteiger partial charge >= 0.3 is 5.25 Å². The zero-order valence-corrected chi connectivity index (χ0v) is 10.7. The van der Waals surface area contributed by atoms with Crippen molar-refractivity contribution in [1.82, 2.24) is 0 Å². The van der Waals surface area contributed by atoms with Gasteiger partial charge in [-0.2, -0.15) is 8.78 Å². The predicted molar refractivity (Wildman–Crippen MR) is 59.3 cm³/mol. The van der Waals surface area contributed by atoms with Crippen molar-refractivity contribution >= 4 is 32.7 Å². The van der Waals surface area contributed by atoms with Gasteiger partial charge in [0, 0.05) is 3.57 Å². The highest BCUT2D eigenvalue weighted by Gasteiger charge is 2.38. The predicted octanol–water partition coefficient (Wildman–Crippen LogP) is 1.81. The van der Waals surface area contributed by atoms with Crippen molar-refractivity contribution in [1.29, 1.82) is 0 Å². The van der Waals surface area contributed by atoms with Gasteiger partial charge in [-0.3, -0.25) is 0 Å². The second-order valence-corrected chi connectivity index (χ2v) is 5.59. The molecular weight excluding hydrogens is 357 g/mol. The van der Waals surface area contributed by atoms with E-state index in [1.54, 1.807) is 12.1 Å². The third-order valence-corrected chi connectivity index (χ3v) is 3.09. The summed E-state index contributed by atoms with van der Waals surface area (Å²) in [7, 11) is -5.69. The summed E-state index contributed by atoms with van der Waals surface area (Å²) in [6, 6.07) is 6.08. The van der Waals surface area contributed by atoms with Gasteiger partial charge in [-0.25, -0.2) is 8.42 Å². The number of ether oxygens (including phenoxy) is 1. The van der Waals surface area contributed by atoms with Crippen molar-refractivity contribution in [3.05, 3.63) is 27.8 Å². The van der Waals surface area contributed by atoms with Gasteiger partial charge in [-0.05, 0) is 40.8 Å². The molecule has 90 valence electrons. The van der Waals surface area contributed by atoms with E-state index >= 15 is 0 Å². The van der Waals surface area contributed by atoms with E-state index in [2.05, 4.69) is 4.74 Å². The highest BCUT2D eigenvalue weighted by molar-refractivity contribution is 14.1. The van der Waals surface area contributed by atoms with Crippen molar-refractivity contribution in [2.75, 3.05) is 6.61 Å². The van der Waals surface area contributed by atoms with Gasteiger partial charge in [-0.15, -0.1) is 0 Å². The highest BCUT2D eigenvalue weighted by atomic mass is 127. The van der Waals surface area contributed by atoms with Crippen LogP contribution in [0.4, 0.5) is 8.78 Å². The smallest absolute Gasteiger partial charge is 0.367 e. The van der Waals surface area contributed by atoms with E-state index in [1.165, 1.54) is 12.1 Å². The molecule has 8 heteroatoms. The maximum Gasteiger partial charge on any atom is 0.367 e. The van der Waals surface area contributed by atoms with Gasteiger partial charge in [0.15, 0.2) is 16.7 Å². The Morgan fingerprint density at radius 2 is 2.06 bits per heavy atom. The zero-order chi connectivity index (χ0) is 12.4. The Balaban J connectivity index is 2.72. The number of hydrogen-bond donors (Lipinski definition) is 0. The molecule has 1 aromatic rings. The number of rotatable bonds is 4. The van der Waals surface area contributed by atoms with Gasteiger partial charge < -0.3 is 9.29 Å². The van der Waals surface area contributed by atoms with Crippen LogP contribution in [-0.4, -0.2) is 24.8 Å². The zero-order valence-electron chi connectivity index (χ0n) is 7.69. The SMILES string of the molecule is O=S(=O)([O-])C(F)(F)COc1cccc(I)c1. The Morgan fingerprint density at radius 3 is 2.56 bits per heavy atom. The van der Waals surface area contributed by atoms with E-state index in [0.717, 1.165) is 3.57 Å². The summed E-state index contributed by atoms with van der Waals surface area (Å²) in [5, 5.41) is -4.42. The third kappa shape index (κ3) is 3.52. The topological polar surface area (TPSA) is 66.4 Å². The molecule has 0 bridgehead atoms. The summed E-state index contributed by atoms with van der Waals surface area (Å²) in [6.07, 6.45) is 0. The van der Waals surface area contributed by atoms with Crippen LogP contribution in [0.2, 0.25) is 0 Å². The number of benzene rings is 1. The van der Waals surface area contributed by atoms with Gasteiger partial charge in [0.05, 0.1) is 0 Å². The normalized spacial score (nSPS) is 12.5. The molecule has 0 N–H and O–H groups in total. The molecular formula is C8H6F2IO4S-. The maximum atomic E-state index is 12.7. The molecule has 0 radical (unpaired) electrons. The summed E-state index contributed by atoms with van der Waals surface area (Å²) in [5.41, 5.74) is 0. The second-order valence-electron chi connectivity index (χ2n) is 2.84. The molecule has 0 amide bonds. The average molecular weight is 363 g/mol. The van der Waals surface area contributed by atoms with E-state index < -0.39 is 22.0 Å². The van der Waals surface area contributed by atoms with Crippen molar-refractivity contribution in [3.8, 4) is 5.75 Å². The van der Waals surface area contributed by atoms with Crippen LogP contribution < -0.4 is 4.74 Å². The first-order valence-corrected chi connectivity index (χ1v) is 6.43. The van der Waals surface area contributed by atoms with Crippen LogP contribution in [0.25, 0.3) is 0 Å². The molecule has 0 unspecified atom stereocenters. The summed E-state index contributed by atoms with van der Waals surface area (Å²) >= 11 is 1.93. The molecule has 0 atom stereocenters. The minimum absolute atomic E-state index is 0.0789. The molecule has 0 fully saturated rings. The van der Waals surface area contributed by atoms with Crippen molar-refractivity contribution in [2.45, 2.75) is 5.25 Å². The van der Waals surface area contributed by atoms with Crippen molar-refractivity contribution in [2.24, 2.45) is 0 Å². The first-order valence-electron chi connectivity index (χ1n) is 3.94. The molecule has 1 rings (SSSR count). The second kappa shape index (κ2) is 4.80. The molecule has 1 aromatic carbocycles. The van der Waals surface area contributed by atoms with Crippen LogP contribution in [0, 0.1) is 3.57 Å². The van der Waals surface area contributed by atoms with Crippen LogP contribution in [0.15, 0.2) is 24.3 Å². The summed E-state index contributed by atoms with van der Waals surface area (Å²) < 4.78 is 61.1. The van der Waals surface area contributed by atoms with Crippen LogP contribution in [0.3, 0.4) is 0 Å². The molecule has 16 heavy (non-hydrogen) atoms. The lowest BCUT2D eigenvalue weighted by atomic mass is 10.3. The quantitative estimate of drug-likeness (QED) is 0.605. The fourth-order valence-corrected chi connectivity index (χ4v) is 1.51. The van der Waals surface area contributed by atoms with Gasteiger partial charge in [0.2, 0.25) is 0 Å². The molecule has 4 nitrogen and oxygen atoms in total. The van der Waals surface area contributed by atoms with E-state index in [1.807, 2.05) is 22.6 Å². The lowest BCUT2D eigenvalue weighted by Gasteiger charge is -2.20. The standard InChI is InChI=1S/C8H7F2IO4S/c9-8(10,16(12,13)14)5-15-7-3-1-2-6(11)4-7/h1-4H,5H2,(H,12,13,14)/p-1. The van der Waals surface area contributed by atoms with E-state index in [-0.39, 0.29) is 5.75 Å². The van der Waals surface area contributed by atoms with Gasteiger partial charge in [-0.1, -0.05) is 6.07 Å². The third-order valence-electron chi connectivity index (χ3n) is 1.57. The summed E-state index contributed by atoms with van der Waals surface area (Å²) in [5.74, 6) is 0.0789. The fraction of sp³-hybridized carbons (Fsp3) is 0.250. The molecule has 0 heterocycles. The Bertz CT molecular complexity index is 475. The fourth-order valence-electron chi connectivity index (χ4n) is 0.796. The summed E-state index contributed by atoms with van der Waals surface area (Å²) in [6.45, 7) is -1.49. The minimum Gasteiger partial charge on any atom is -0.743 e. The number of hydrogen-bond acceptors (Lipinski definition) is 4. The molecule has 0 aliphatic heterocycles. The molecule has 0 aromatic heterocycles. The van der Waals surface area contributed by atoms with E-state index in [0.29, 0.717) is 0 Å². The average Bonchev–Trinajstić information content (AvgIpc) is 2.13. The molecule has 0 saturated carbocycles. The monoisotopic (exact) mass is 363 g/mol. The Labute approximate surface area is 104 Å². The first-order chi connectivity index (χ1) is 7.22. The summed E-state index contributed by atoms with van der Waals surface area (Å²) in [4.78, 5) is 0. The van der Waals surface area contributed by atoms with Gasteiger partial charge in [0.1, 0.15) is 5.75 Å². The van der Waals surface area contributed by atoms with Crippen LogP contribution >= 0.6 is 22.6 Å². The highest BCUT2D eigenvalue weighted by Crippen LogP contribution is 2.23. The molecule has 0 spiro atoms. The lowest BCUT2D eigenvalue weighted by molar-refractivity contribution is 0.0279. The molecule has 0 aliphatic carbocycles. The molecule has 0 saturated heterocycles. The largest absolute Gasteiger partial charge is 0.743 e. The van der Waals surface area contributed by atoms with Crippen LogP contribution in [-0.2, 0) is 10.1 Å². The van der Waals surface area contributed by atoms with E-state index in [4.69, 9.17) is 0 Å². The van der Waals surface area contributed by atoms with E-state index in [9.17, 15) is 21.8 Å². The van der Waals surface area contributed by atoms with Gasteiger partial charge in [0.25, 0.3) is 0 Å². The minimum atomic E-state index is -5.69.